The third kappa shape index (κ3) is 20.8. The van der Waals surface area contributed by atoms with Crippen LogP contribution < -0.4 is 49.1 Å². The molecule has 15 N–H and O–H groups in total. The third-order valence-corrected chi connectivity index (χ3v) is 14.0. The van der Waals surface area contributed by atoms with Gasteiger partial charge in [-0.3, -0.25) is 43.3 Å². The maximum Gasteiger partial charge on any atom is 0.326 e. The lowest BCUT2D eigenvalue weighted by Gasteiger charge is -2.32. The second-order valence-electron chi connectivity index (χ2n) is 20.9. The van der Waals surface area contributed by atoms with Gasteiger partial charge < -0.3 is 74.1 Å². The van der Waals surface area contributed by atoms with Crippen LogP contribution >= 0.6 is 0 Å². The molecular formula is C56H84N14O11. The van der Waals surface area contributed by atoms with E-state index in [1.54, 1.807) is 75.1 Å². The Morgan fingerprint density at radius 1 is 0.741 bits per heavy atom. The van der Waals surface area contributed by atoms with E-state index in [0.29, 0.717) is 55.6 Å². The molecule has 2 aromatic carbocycles. The number of aliphatic imine (C=N–C) groups is 1. The number of H-pyrrole nitrogens is 1. The van der Waals surface area contributed by atoms with Gasteiger partial charge in [0.2, 0.25) is 47.3 Å². The number of carbonyl (C=O) groups excluding carboxylic acids is 8. The van der Waals surface area contributed by atoms with Crippen molar-refractivity contribution < 1.29 is 53.4 Å². The zero-order valence-corrected chi connectivity index (χ0v) is 47.3. The topological polar surface area (TPSA) is 392 Å². The number of hydrogen-bond donors (Lipinski definition) is 12. The molecule has 444 valence electrons. The molecule has 25 nitrogen and oxygen atoms in total. The molecule has 4 rings (SSSR count). The molecule has 8 amide bonds. The first kappa shape index (κ1) is 65.4. The third-order valence-electron chi connectivity index (χ3n) is 14.0. The number of likely N-dealkylation sites (tertiary alicyclic amines) is 1. The van der Waals surface area contributed by atoms with E-state index in [2.05, 4.69) is 46.9 Å². The molecule has 9 atom stereocenters. The summed E-state index contributed by atoms with van der Waals surface area (Å²) in [7, 11) is 0. The number of carboxylic acid groups (broad SMARTS) is 1. The number of carboxylic acids is 1. The number of nitrogens with one attached hydrogen (secondary N) is 7. The van der Waals surface area contributed by atoms with Crippen molar-refractivity contribution in [1.82, 2.24) is 51.7 Å². The molecule has 1 saturated heterocycles. The van der Waals surface area contributed by atoms with E-state index >= 15 is 0 Å². The van der Waals surface area contributed by atoms with Crippen LogP contribution in [0, 0.1) is 11.8 Å². The summed E-state index contributed by atoms with van der Waals surface area (Å²) >= 11 is 0. The molecular weight excluding hydrogens is 1040 g/mol. The van der Waals surface area contributed by atoms with E-state index in [4.69, 9.17) is 17.2 Å². The van der Waals surface area contributed by atoms with Crippen LogP contribution in [0.25, 0.3) is 0 Å². The highest BCUT2D eigenvalue weighted by atomic mass is 16.4. The number of benzene rings is 2. The molecule has 3 aromatic rings. The Balaban J connectivity index is 1.59. The van der Waals surface area contributed by atoms with Gasteiger partial charge in [0, 0.05) is 57.3 Å². The van der Waals surface area contributed by atoms with Crippen molar-refractivity contribution in [3.8, 4) is 5.75 Å². The summed E-state index contributed by atoms with van der Waals surface area (Å²) in [6.07, 6.45) is 4.91. The second kappa shape index (κ2) is 32.9. The fourth-order valence-corrected chi connectivity index (χ4v) is 9.34. The van der Waals surface area contributed by atoms with Crippen LogP contribution in [-0.4, -0.2) is 164 Å². The number of nitrogens with zero attached hydrogens (tertiary/aromatic N) is 4. The van der Waals surface area contributed by atoms with Crippen LogP contribution in [0.5, 0.6) is 5.75 Å². The number of carbonyl (C=O) groups is 9. The zero-order valence-electron chi connectivity index (χ0n) is 47.3. The van der Waals surface area contributed by atoms with Crippen LogP contribution in [0.3, 0.4) is 0 Å². The highest BCUT2D eigenvalue weighted by Crippen LogP contribution is 2.21. The van der Waals surface area contributed by atoms with Crippen molar-refractivity contribution in [2.75, 3.05) is 26.2 Å². The molecule has 0 radical (unpaired) electrons. The molecule has 0 saturated carbocycles. The standard InChI is InChI=1S/C56H84N14O11/c1-7-24-69(25-8-2)45(72)30-39(57)48(73)63-40(17-13-23-61-56(58)59)49(74)67-46(33(4)5)52(77)64-41(27-36-19-21-38(71)22-20-36)50(75)68-47(34(6)9-3)53(78)65-42(29-37-31-60-32-62-37)54(79)70-26-14-18-44(70)51(76)66-43(55(80)81)28-35-15-11-10-12-16-35/h10-12,15-16,19-22,31-34,39-44,46-47,71H,7-9,13-14,17-18,23-30,57H2,1-6H3,(H,60,62)(H,63,73)(H,64,77)(H,65,78)(H,66,76)(H,67,74)(H,68,75)(H,80,81)(H4,58,59,61)/t34-,39-,40-,41-,42-,43-,44+,46-,47-/m0/s1. The maximum atomic E-state index is 14.7. The number of nitrogens with two attached hydrogens (primary N) is 3. The van der Waals surface area contributed by atoms with Gasteiger partial charge in [0.25, 0.3) is 0 Å². The van der Waals surface area contributed by atoms with Gasteiger partial charge in [0.1, 0.15) is 48.0 Å². The first-order valence-corrected chi connectivity index (χ1v) is 27.8. The van der Waals surface area contributed by atoms with Crippen LogP contribution in [-0.2, 0) is 62.4 Å². The number of amides is 8. The molecule has 1 aliphatic rings. The Kier molecular flexibility index (Phi) is 26.5. The highest BCUT2D eigenvalue weighted by Gasteiger charge is 2.41. The predicted octanol–water partition coefficient (Wildman–Crippen LogP) is 0.249. The number of aromatic nitrogens is 2. The van der Waals surface area contributed by atoms with Crippen LogP contribution in [0.1, 0.15) is 110 Å². The monoisotopic (exact) mass is 1130 g/mol. The fourth-order valence-electron chi connectivity index (χ4n) is 9.34. The average molecular weight is 1130 g/mol. The normalized spacial score (nSPS) is 16.0. The molecule has 1 fully saturated rings. The minimum Gasteiger partial charge on any atom is -0.508 e. The van der Waals surface area contributed by atoms with Gasteiger partial charge in [-0.05, 0) is 73.6 Å². The van der Waals surface area contributed by atoms with E-state index < -0.39 is 107 Å². The lowest BCUT2D eigenvalue weighted by molar-refractivity contribution is -0.145. The summed E-state index contributed by atoms with van der Waals surface area (Å²) in [5, 5.41) is 36.5. The number of imidazole rings is 1. The minimum atomic E-state index is -1.41. The van der Waals surface area contributed by atoms with Gasteiger partial charge in [0.15, 0.2) is 5.96 Å². The number of phenols is 1. The number of phenolic OH excluding ortho intramolecular Hbond substituents is 1. The Labute approximate surface area is 473 Å². The molecule has 2 heterocycles. The van der Waals surface area contributed by atoms with E-state index in [0.717, 1.165) is 0 Å². The largest absolute Gasteiger partial charge is 0.508 e. The van der Waals surface area contributed by atoms with E-state index in [-0.39, 0.29) is 75.7 Å². The van der Waals surface area contributed by atoms with Crippen molar-refractivity contribution >= 4 is 59.2 Å². The van der Waals surface area contributed by atoms with Gasteiger partial charge in [-0.2, -0.15) is 0 Å². The quantitative estimate of drug-likeness (QED) is 0.0221. The van der Waals surface area contributed by atoms with E-state index in [1.165, 1.54) is 29.6 Å². The zero-order chi connectivity index (χ0) is 59.8. The van der Waals surface area contributed by atoms with Crippen LogP contribution in [0.4, 0.5) is 0 Å². The maximum absolute atomic E-state index is 14.7. The van der Waals surface area contributed by atoms with E-state index in [9.17, 15) is 53.4 Å². The van der Waals surface area contributed by atoms with Crippen molar-refractivity contribution in [3.05, 3.63) is 83.9 Å². The number of hydrogen-bond acceptors (Lipinski definition) is 13. The molecule has 25 heteroatoms. The summed E-state index contributed by atoms with van der Waals surface area (Å²) in [4.78, 5) is 139. The molecule has 0 unspecified atom stereocenters. The minimum absolute atomic E-state index is 0.00262. The number of aliphatic carboxylic acids is 1. The van der Waals surface area contributed by atoms with Gasteiger partial charge >= 0.3 is 5.97 Å². The second-order valence-corrected chi connectivity index (χ2v) is 20.9. The van der Waals surface area contributed by atoms with Gasteiger partial charge in [-0.15, -0.1) is 0 Å². The summed E-state index contributed by atoms with van der Waals surface area (Å²) in [6, 6.07) is 4.40. The Morgan fingerprint density at radius 2 is 1.33 bits per heavy atom. The molecule has 1 aromatic heterocycles. The van der Waals surface area contributed by atoms with Crippen LogP contribution in [0.2, 0.25) is 0 Å². The van der Waals surface area contributed by atoms with Crippen molar-refractivity contribution in [1.29, 1.82) is 0 Å². The Morgan fingerprint density at radius 3 is 1.93 bits per heavy atom. The summed E-state index contributed by atoms with van der Waals surface area (Å²) < 4.78 is 0. The smallest absolute Gasteiger partial charge is 0.326 e. The highest BCUT2D eigenvalue weighted by molar-refractivity contribution is 5.98. The number of aromatic amines is 1. The Hall–Kier alpha value is -8.09. The Bertz CT molecular complexity index is 2570. The van der Waals surface area contributed by atoms with Crippen molar-refractivity contribution in [2.45, 2.75) is 161 Å². The van der Waals surface area contributed by atoms with Gasteiger partial charge in [-0.1, -0.05) is 90.4 Å². The lowest BCUT2D eigenvalue weighted by Crippen LogP contribution is -2.62. The van der Waals surface area contributed by atoms with Gasteiger partial charge in [0.05, 0.1) is 18.8 Å². The summed E-state index contributed by atoms with van der Waals surface area (Å²) in [6.45, 7) is 11.9. The van der Waals surface area contributed by atoms with Crippen LogP contribution in [0.15, 0.2) is 72.1 Å². The van der Waals surface area contributed by atoms with Gasteiger partial charge in [-0.25, -0.2) is 9.78 Å². The SMILES string of the molecule is CCCN(CCC)C(=O)C[C@H](N)C(=O)N[C@@H](CCCN=C(N)N)C(=O)N[C@H](C(=O)N[C@@H](Cc1ccc(O)cc1)C(=O)N[C@H](C(=O)N[C@@H](Cc1cnc[nH]1)C(=O)N1CCC[C@@H]1C(=O)N[C@@H](Cc1ccccc1)C(=O)O)[C@@H](C)CC)C(C)C. The number of rotatable bonds is 33. The first-order valence-electron chi connectivity index (χ1n) is 27.8. The molecule has 81 heavy (non-hydrogen) atoms. The molecule has 0 bridgehead atoms. The number of aromatic hydroxyl groups is 1. The molecule has 0 spiro atoms. The lowest BCUT2D eigenvalue weighted by atomic mass is 9.96. The summed E-state index contributed by atoms with van der Waals surface area (Å²) in [5.74, 6) is -8.22. The molecule has 0 aliphatic carbocycles. The average Bonchev–Trinajstić information content (AvgIpc) is 4.17. The number of guanidine groups is 1. The first-order chi connectivity index (χ1) is 38.6. The van der Waals surface area contributed by atoms with Crippen molar-refractivity contribution in [2.24, 2.45) is 34.0 Å². The predicted molar refractivity (Wildman–Crippen MR) is 302 cm³/mol. The summed E-state index contributed by atoms with van der Waals surface area (Å²) in [5.41, 5.74) is 18.9. The molecule has 1 aliphatic heterocycles. The fraction of sp³-hybridized carbons (Fsp3) is 0.554. The van der Waals surface area contributed by atoms with Crippen molar-refractivity contribution in [3.63, 3.8) is 0 Å². The van der Waals surface area contributed by atoms with E-state index in [1.807, 2.05) is 13.8 Å².